The van der Waals surface area contributed by atoms with E-state index in [9.17, 15) is 18.0 Å². The molecule has 2 aromatic heterocycles. The lowest BCUT2D eigenvalue weighted by Crippen LogP contribution is -2.25. The van der Waals surface area contributed by atoms with Gasteiger partial charge in [-0.2, -0.15) is 0 Å². The molecule has 3 N–H and O–H groups in total. The molecular weight excluding hydrogens is 472 g/mol. The van der Waals surface area contributed by atoms with Crippen molar-refractivity contribution in [3.8, 4) is 11.3 Å². The van der Waals surface area contributed by atoms with Gasteiger partial charge in [0.2, 0.25) is 15.9 Å². The summed E-state index contributed by atoms with van der Waals surface area (Å²) in [7, 11) is -3.50. The first kappa shape index (κ1) is 20.9. The standard InChI is InChI=1S/C21H17ClN4O4S2/c1-32(29,30)26-13-8-11(22)7-12(9-13)24-19(27)16-10-14-17-15(3-2-6-23-17)25-20(28)21(4-5-21)18(14)31-16/h2-3,6-10,26H,4-5H2,1H3,(H,24,27)(H,25,28). The van der Waals surface area contributed by atoms with Crippen molar-refractivity contribution in [2.75, 3.05) is 21.6 Å². The number of nitrogens with zero attached hydrogens (tertiary/aromatic N) is 1. The Morgan fingerprint density at radius 1 is 1.22 bits per heavy atom. The lowest BCUT2D eigenvalue weighted by molar-refractivity contribution is -0.118. The van der Waals surface area contributed by atoms with Crippen molar-refractivity contribution in [1.29, 1.82) is 0 Å². The van der Waals surface area contributed by atoms with Crippen LogP contribution in [-0.4, -0.2) is 31.5 Å². The number of anilines is 3. The topological polar surface area (TPSA) is 117 Å². The molecule has 32 heavy (non-hydrogen) atoms. The molecular formula is C21H17ClN4O4S2. The van der Waals surface area contributed by atoms with Crippen LogP contribution in [0.15, 0.2) is 42.6 Å². The molecule has 1 aromatic carbocycles. The minimum atomic E-state index is -3.50. The summed E-state index contributed by atoms with van der Waals surface area (Å²) in [5, 5.41) is 5.99. The van der Waals surface area contributed by atoms with E-state index in [4.69, 9.17) is 11.6 Å². The molecule has 3 heterocycles. The smallest absolute Gasteiger partial charge is 0.265 e. The van der Waals surface area contributed by atoms with Crippen LogP contribution < -0.4 is 15.4 Å². The van der Waals surface area contributed by atoms with Gasteiger partial charge in [0.05, 0.1) is 33.6 Å². The van der Waals surface area contributed by atoms with Crippen molar-refractivity contribution in [1.82, 2.24) is 4.98 Å². The molecule has 2 aliphatic rings. The van der Waals surface area contributed by atoms with Crippen LogP contribution in [0.2, 0.25) is 5.02 Å². The van der Waals surface area contributed by atoms with Crippen molar-refractivity contribution in [2.24, 2.45) is 0 Å². The van der Waals surface area contributed by atoms with Gasteiger partial charge < -0.3 is 10.6 Å². The number of hydrogen-bond donors (Lipinski definition) is 3. The highest BCUT2D eigenvalue weighted by Gasteiger charge is 2.55. The van der Waals surface area contributed by atoms with E-state index < -0.39 is 15.4 Å². The lowest BCUT2D eigenvalue weighted by atomic mass is 10.00. The quantitative estimate of drug-likeness (QED) is 0.511. The summed E-state index contributed by atoms with van der Waals surface area (Å²) in [4.78, 5) is 31.6. The fourth-order valence-electron chi connectivity index (χ4n) is 3.81. The van der Waals surface area contributed by atoms with Gasteiger partial charge >= 0.3 is 0 Å². The maximum atomic E-state index is 13.0. The molecule has 0 bridgehead atoms. The first-order chi connectivity index (χ1) is 15.1. The van der Waals surface area contributed by atoms with E-state index in [-0.39, 0.29) is 22.5 Å². The molecule has 8 nitrogen and oxygen atoms in total. The summed E-state index contributed by atoms with van der Waals surface area (Å²) in [5.41, 5.74) is 1.99. The maximum Gasteiger partial charge on any atom is 0.265 e. The first-order valence-electron chi connectivity index (χ1n) is 9.65. The Morgan fingerprint density at radius 3 is 2.69 bits per heavy atom. The number of thiophene rings is 1. The zero-order valence-electron chi connectivity index (χ0n) is 16.7. The number of nitrogens with one attached hydrogen (secondary N) is 3. The van der Waals surface area contributed by atoms with Gasteiger partial charge in [-0.15, -0.1) is 11.3 Å². The Labute approximate surface area is 193 Å². The third-order valence-corrected chi connectivity index (χ3v) is 7.51. The minimum Gasteiger partial charge on any atom is -0.323 e. The molecule has 5 rings (SSSR count). The Balaban J connectivity index is 1.50. The summed E-state index contributed by atoms with van der Waals surface area (Å²) in [5.74, 6) is -0.463. The Hall–Kier alpha value is -2.95. The number of pyridine rings is 1. The van der Waals surface area contributed by atoms with Crippen LogP contribution >= 0.6 is 22.9 Å². The van der Waals surface area contributed by atoms with Crippen LogP contribution in [0.25, 0.3) is 11.3 Å². The molecule has 3 aromatic rings. The second-order valence-electron chi connectivity index (χ2n) is 7.85. The molecule has 164 valence electrons. The zero-order valence-corrected chi connectivity index (χ0v) is 19.1. The fourth-order valence-corrected chi connectivity index (χ4v) is 5.89. The summed E-state index contributed by atoms with van der Waals surface area (Å²) in [6.45, 7) is 0. The van der Waals surface area contributed by atoms with Gasteiger partial charge in [-0.1, -0.05) is 11.6 Å². The largest absolute Gasteiger partial charge is 0.323 e. The summed E-state index contributed by atoms with van der Waals surface area (Å²) >= 11 is 7.36. The molecule has 1 aliphatic heterocycles. The van der Waals surface area contributed by atoms with E-state index in [1.54, 1.807) is 24.4 Å². The second-order valence-corrected chi connectivity index (χ2v) is 11.1. The number of halogens is 1. The van der Waals surface area contributed by atoms with Crippen LogP contribution in [0.1, 0.15) is 27.4 Å². The van der Waals surface area contributed by atoms with Gasteiger partial charge in [0.25, 0.3) is 5.91 Å². The molecule has 11 heteroatoms. The van der Waals surface area contributed by atoms with Gasteiger partial charge in [0, 0.05) is 27.3 Å². The average Bonchev–Trinajstić information content (AvgIpc) is 3.40. The van der Waals surface area contributed by atoms with Crippen LogP contribution in [0, 0.1) is 0 Å². The Morgan fingerprint density at radius 2 is 1.97 bits per heavy atom. The molecule has 1 fully saturated rings. The molecule has 0 atom stereocenters. The zero-order chi connectivity index (χ0) is 22.7. The van der Waals surface area contributed by atoms with E-state index in [0.29, 0.717) is 21.9 Å². The van der Waals surface area contributed by atoms with Gasteiger partial charge in [-0.3, -0.25) is 19.3 Å². The predicted molar refractivity (Wildman–Crippen MR) is 125 cm³/mol. The molecule has 2 amide bonds. The monoisotopic (exact) mass is 488 g/mol. The highest BCUT2D eigenvalue weighted by atomic mass is 35.5. The number of fused-ring (bicyclic) bond motifs is 4. The van der Waals surface area contributed by atoms with Crippen LogP contribution in [0.3, 0.4) is 0 Å². The fraction of sp³-hybridized carbons (Fsp3) is 0.190. The van der Waals surface area contributed by atoms with Gasteiger partial charge in [-0.05, 0) is 49.2 Å². The van der Waals surface area contributed by atoms with E-state index in [1.165, 1.54) is 29.5 Å². The Kier molecular flexibility index (Phi) is 4.77. The van der Waals surface area contributed by atoms with E-state index in [0.717, 1.165) is 29.5 Å². The van der Waals surface area contributed by atoms with Crippen molar-refractivity contribution >= 4 is 61.8 Å². The molecule has 0 saturated heterocycles. The number of rotatable bonds is 4. The third-order valence-electron chi connectivity index (χ3n) is 5.35. The van der Waals surface area contributed by atoms with Crippen molar-refractivity contribution in [2.45, 2.75) is 18.3 Å². The van der Waals surface area contributed by atoms with Crippen LogP contribution in [0.5, 0.6) is 0 Å². The lowest BCUT2D eigenvalue weighted by Gasteiger charge is -2.11. The first-order valence-corrected chi connectivity index (χ1v) is 12.7. The minimum absolute atomic E-state index is 0.0781. The third kappa shape index (κ3) is 3.74. The number of hydrogen-bond acceptors (Lipinski definition) is 6. The number of amides is 2. The number of carbonyl (C=O) groups excluding carboxylic acids is 2. The van der Waals surface area contributed by atoms with E-state index in [1.807, 2.05) is 0 Å². The van der Waals surface area contributed by atoms with Crippen molar-refractivity contribution in [3.05, 3.63) is 57.4 Å². The second kappa shape index (κ2) is 7.29. The maximum absolute atomic E-state index is 13.0. The van der Waals surface area contributed by atoms with E-state index >= 15 is 0 Å². The highest BCUT2D eigenvalue weighted by molar-refractivity contribution is 7.92. The number of carbonyl (C=O) groups is 2. The Bertz CT molecular complexity index is 1400. The highest BCUT2D eigenvalue weighted by Crippen LogP contribution is 2.56. The summed E-state index contributed by atoms with van der Waals surface area (Å²) in [6, 6.07) is 9.76. The number of aromatic nitrogens is 1. The van der Waals surface area contributed by atoms with Crippen LogP contribution in [0.4, 0.5) is 17.1 Å². The number of benzene rings is 1. The van der Waals surface area contributed by atoms with Crippen molar-refractivity contribution < 1.29 is 18.0 Å². The van der Waals surface area contributed by atoms with Gasteiger partial charge in [0.1, 0.15) is 0 Å². The van der Waals surface area contributed by atoms with Crippen LogP contribution in [-0.2, 0) is 20.2 Å². The van der Waals surface area contributed by atoms with Gasteiger partial charge in [-0.25, -0.2) is 8.42 Å². The number of sulfonamides is 1. The summed E-state index contributed by atoms with van der Waals surface area (Å²) < 4.78 is 25.4. The predicted octanol–water partition coefficient (Wildman–Crippen LogP) is 4.07. The molecule has 0 radical (unpaired) electrons. The molecule has 1 aliphatic carbocycles. The van der Waals surface area contributed by atoms with Crippen molar-refractivity contribution in [3.63, 3.8) is 0 Å². The van der Waals surface area contributed by atoms with E-state index in [2.05, 4.69) is 20.3 Å². The average molecular weight is 489 g/mol. The van der Waals surface area contributed by atoms with Gasteiger partial charge in [0.15, 0.2) is 0 Å². The molecule has 0 unspecified atom stereocenters. The molecule has 1 spiro atoms. The normalized spacial score (nSPS) is 15.9. The molecule has 1 saturated carbocycles. The summed E-state index contributed by atoms with van der Waals surface area (Å²) in [6.07, 6.45) is 4.12. The SMILES string of the molecule is CS(=O)(=O)Nc1cc(Cl)cc(NC(=O)c2cc3c(s2)C2(CC2)C(=O)Nc2cccnc2-3)c1.